The molecule has 17 heavy (non-hydrogen) atoms. The SMILES string of the molecule is NC(=O)c1ccnc(N2CC(CC(=O)O)C2)c1. The lowest BCUT2D eigenvalue weighted by atomic mass is 9.96. The fourth-order valence-corrected chi connectivity index (χ4v) is 1.88. The fourth-order valence-electron chi connectivity index (χ4n) is 1.88. The Morgan fingerprint density at radius 1 is 1.53 bits per heavy atom. The van der Waals surface area contributed by atoms with Crippen LogP contribution in [-0.2, 0) is 4.79 Å². The van der Waals surface area contributed by atoms with Crippen molar-refractivity contribution in [3.05, 3.63) is 23.9 Å². The highest BCUT2D eigenvalue weighted by Gasteiger charge is 2.29. The molecule has 1 aliphatic rings. The lowest BCUT2D eigenvalue weighted by molar-refractivity contribution is -0.138. The summed E-state index contributed by atoms with van der Waals surface area (Å²) >= 11 is 0. The topological polar surface area (TPSA) is 96.5 Å². The number of carboxylic acid groups (broad SMARTS) is 1. The minimum Gasteiger partial charge on any atom is -0.481 e. The third-order valence-corrected chi connectivity index (χ3v) is 2.77. The van der Waals surface area contributed by atoms with Gasteiger partial charge >= 0.3 is 5.97 Å². The van der Waals surface area contributed by atoms with Gasteiger partial charge in [0.2, 0.25) is 5.91 Å². The van der Waals surface area contributed by atoms with Crippen LogP contribution in [-0.4, -0.2) is 35.1 Å². The number of pyridine rings is 1. The number of amides is 1. The maximum atomic E-state index is 11.0. The van der Waals surface area contributed by atoms with E-state index in [4.69, 9.17) is 10.8 Å². The Balaban J connectivity index is 1.99. The number of carbonyl (C=O) groups is 2. The van der Waals surface area contributed by atoms with Crippen LogP contribution in [0.4, 0.5) is 5.82 Å². The maximum Gasteiger partial charge on any atom is 0.303 e. The van der Waals surface area contributed by atoms with Gasteiger partial charge in [-0.3, -0.25) is 9.59 Å². The van der Waals surface area contributed by atoms with Crippen LogP contribution in [0.25, 0.3) is 0 Å². The number of hydrogen-bond acceptors (Lipinski definition) is 4. The van der Waals surface area contributed by atoms with E-state index in [0.717, 1.165) is 0 Å². The van der Waals surface area contributed by atoms with E-state index in [0.29, 0.717) is 24.5 Å². The quantitative estimate of drug-likeness (QED) is 0.771. The summed E-state index contributed by atoms with van der Waals surface area (Å²) in [6.07, 6.45) is 1.70. The monoisotopic (exact) mass is 235 g/mol. The summed E-state index contributed by atoms with van der Waals surface area (Å²) in [5.74, 6) is -0.445. The molecule has 1 aromatic heterocycles. The molecule has 1 fully saturated rings. The number of nitrogens with zero attached hydrogens (tertiary/aromatic N) is 2. The first-order valence-electron chi connectivity index (χ1n) is 5.29. The van der Waals surface area contributed by atoms with Gasteiger partial charge in [-0.1, -0.05) is 0 Å². The highest BCUT2D eigenvalue weighted by atomic mass is 16.4. The highest BCUT2D eigenvalue weighted by molar-refractivity contribution is 5.93. The van der Waals surface area contributed by atoms with Gasteiger partial charge in [0.05, 0.1) is 6.42 Å². The number of anilines is 1. The van der Waals surface area contributed by atoms with Gasteiger partial charge < -0.3 is 15.7 Å². The molecular weight excluding hydrogens is 222 g/mol. The molecule has 3 N–H and O–H groups in total. The molecule has 1 aromatic rings. The van der Waals surface area contributed by atoms with Crippen LogP contribution >= 0.6 is 0 Å². The Bertz CT molecular complexity index is 455. The fraction of sp³-hybridized carbons (Fsp3) is 0.364. The zero-order chi connectivity index (χ0) is 12.4. The van der Waals surface area contributed by atoms with Crippen molar-refractivity contribution in [2.24, 2.45) is 11.7 Å². The van der Waals surface area contributed by atoms with Crippen LogP contribution < -0.4 is 10.6 Å². The highest BCUT2D eigenvalue weighted by Crippen LogP contribution is 2.25. The molecule has 1 saturated heterocycles. The molecule has 0 atom stereocenters. The van der Waals surface area contributed by atoms with Crippen LogP contribution in [0.5, 0.6) is 0 Å². The molecule has 6 nitrogen and oxygen atoms in total. The summed E-state index contributed by atoms with van der Waals surface area (Å²) in [4.78, 5) is 27.5. The van der Waals surface area contributed by atoms with Crippen LogP contribution in [0.3, 0.4) is 0 Å². The van der Waals surface area contributed by atoms with Gasteiger partial charge in [0.25, 0.3) is 0 Å². The largest absolute Gasteiger partial charge is 0.481 e. The number of rotatable bonds is 4. The summed E-state index contributed by atoms with van der Waals surface area (Å²) in [7, 11) is 0. The predicted molar refractivity (Wildman–Crippen MR) is 60.7 cm³/mol. The Labute approximate surface area is 98.1 Å². The van der Waals surface area contributed by atoms with Gasteiger partial charge in [-0.15, -0.1) is 0 Å². The van der Waals surface area contributed by atoms with Gasteiger partial charge in [-0.25, -0.2) is 4.98 Å². The molecule has 0 saturated carbocycles. The molecule has 90 valence electrons. The van der Waals surface area contributed by atoms with Crippen LogP contribution in [0.1, 0.15) is 16.8 Å². The van der Waals surface area contributed by atoms with Crippen molar-refractivity contribution in [2.75, 3.05) is 18.0 Å². The first kappa shape index (κ1) is 11.4. The summed E-state index contributed by atoms with van der Waals surface area (Å²) < 4.78 is 0. The number of aliphatic carboxylic acids is 1. The minimum atomic E-state index is -0.784. The van der Waals surface area contributed by atoms with Crippen molar-refractivity contribution in [3.63, 3.8) is 0 Å². The number of carbonyl (C=O) groups excluding carboxylic acids is 1. The Morgan fingerprint density at radius 2 is 2.24 bits per heavy atom. The second-order valence-electron chi connectivity index (χ2n) is 4.14. The second-order valence-corrected chi connectivity index (χ2v) is 4.14. The third-order valence-electron chi connectivity index (χ3n) is 2.77. The minimum absolute atomic E-state index is 0.159. The first-order valence-corrected chi connectivity index (χ1v) is 5.29. The van der Waals surface area contributed by atoms with Gasteiger partial charge in [-0.05, 0) is 12.1 Å². The van der Waals surface area contributed by atoms with Crippen molar-refractivity contribution in [1.82, 2.24) is 4.98 Å². The van der Waals surface area contributed by atoms with Crippen molar-refractivity contribution < 1.29 is 14.7 Å². The molecule has 6 heteroatoms. The summed E-state index contributed by atoms with van der Waals surface area (Å²) in [6, 6.07) is 3.18. The van der Waals surface area contributed by atoms with E-state index in [1.807, 2.05) is 4.90 Å². The van der Waals surface area contributed by atoms with Gasteiger partial charge in [0, 0.05) is 30.8 Å². The number of nitrogens with two attached hydrogens (primary N) is 1. The molecule has 0 bridgehead atoms. The smallest absolute Gasteiger partial charge is 0.303 e. The second kappa shape index (κ2) is 4.40. The molecule has 0 unspecified atom stereocenters. The average molecular weight is 235 g/mol. The van der Waals surface area contributed by atoms with E-state index < -0.39 is 11.9 Å². The van der Waals surface area contributed by atoms with Crippen molar-refractivity contribution >= 4 is 17.7 Å². The Kier molecular flexibility index (Phi) is 2.95. The van der Waals surface area contributed by atoms with E-state index in [2.05, 4.69) is 4.98 Å². The summed E-state index contributed by atoms with van der Waals surface area (Å²) in [5.41, 5.74) is 5.59. The molecule has 1 amide bonds. The van der Waals surface area contributed by atoms with Gasteiger partial charge in [-0.2, -0.15) is 0 Å². The molecule has 0 aliphatic carbocycles. The molecule has 2 heterocycles. The van der Waals surface area contributed by atoms with Crippen molar-refractivity contribution in [2.45, 2.75) is 6.42 Å². The summed E-state index contributed by atoms with van der Waals surface area (Å²) in [5, 5.41) is 8.63. The van der Waals surface area contributed by atoms with Crippen molar-refractivity contribution in [1.29, 1.82) is 0 Å². The van der Waals surface area contributed by atoms with Crippen LogP contribution in [0.2, 0.25) is 0 Å². The number of primary amides is 1. The van der Waals surface area contributed by atoms with E-state index >= 15 is 0 Å². The van der Waals surface area contributed by atoms with Gasteiger partial charge in [0.15, 0.2) is 0 Å². The first-order chi connectivity index (χ1) is 8.06. The van der Waals surface area contributed by atoms with Crippen molar-refractivity contribution in [3.8, 4) is 0 Å². The summed E-state index contributed by atoms with van der Waals surface area (Å²) in [6.45, 7) is 1.31. The lowest BCUT2D eigenvalue weighted by Crippen LogP contribution is -2.48. The van der Waals surface area contributed by atoms with E-state index in [-0.39, 0.29) is 12.3 Å². The van der Waals surface area contributed by atoms with Crippen LogP contribution in [0.15, 0.2) is 18.3 Å². The van der Waals surface area contributed by atoms with E-state index in [1.54, 1.807) is 12.1 Å². The third kappa shape index (κ3) is 2.52. The number of hydrogen-bond donors (Lipinski definition) is 2. The molecule has 0 aromatic carbocycles. The normalized spacial score (nSPS) is 15.4. The standard InChI is InChI=1S/C11H13N3O3/c12-11(17)8-1-2-13-9(4-8)14-5-7(6-14)3-10(15)16/h1-2,4,7H,3,5-6H2,(H2,12,17)(H,15,16). The molecule has 1 aliphatic heterocycles. The Hall–Kier alpha value is -2.11. The Morgan fingerprint density at radius 3 is 2.82 bits per heavy atom. The zero-order valence-electron chi connectivity index (χ0n) is 9.17. The molecule has 0 spiro atoms. The molecule has 2 rings (SSSR count). The molecular formula is C11H13N3O3. The maximum absolute atomic E-state index is 11.0. The van der Waals surface area contributed by atoms with Gasteiger partial charge in [0.1, 0.15) is 5.82 Å². The predicted octanol–water partition coefficient (Wildman–Crippen LogP) is 0.0914. The van der Waals surface area contributed by atoms with E-state index in [9.17, 15) is 9.59 Å². The van der Waals surface area contributed by atoms with Crippen LogP contribution in [0, 0.1) is 5.92 Å². The lowest BCUT2D eigenvalue weighted by Gasteiger charge is -2.39. The molecule has 0 radical (unpaired) electrons. The van der Waals surface area contributed by atoms with E-state index in [1.165, 1.54) is 6.20 Å². The number of aromatic nitrogens is 1. The zero-order valence-corrected chi connectivity index (χ0v) is 9.17. The average Bonchev–Trinajstić information content (AvgIpc) is 2.22. The number of carboxylic acids is 1.